The third kappa shape index (κ3) is 8.02. The Labute approximate surface area is 311 Å². The van der Waals surface area contributed by atoms with Gasteiger partial charge >= 0.3 is 0 Å². The number of aromatic nitrogens is 2. The maximum Gasteiger partial charge on any atom is 0.121 e. The summed E-state index contributed by atoms with van der Waals surface area (Å²) in [6, 6.07) is 37.6. The monoisotopic (exact) mass is 841 g/mol. The molecule has 0 unspecified atom stereocenters. The largest absolute Gasteiger partial charge is 0.501 e. The zero-order chi connectivity index (χ0) is 37.4. The first-order valence-electron chi connectivity index (χ1n) is 18.4. The van der Waals surface area contributed by atoms with Crippen LogP contribution in [0.1, 0.15) is 61.7 Å². The number of furan rings is 1. The van der Waals surface area contributed by atoms with Crippen LogP contribution in [0.25, 0.3) is 55.6 Å². The fourth-order valence-corrected chi connectivity index (χ4v) is 7.47. The second-order valence-electron chi connectivity index (χ2n) is 13.8. The first-order valence-corrected chi connectivity index (χ1v) is 19.9. The molecule has 0 amide bonds. The topological polar surface area (TPSA) is 38.9 Å². The molecule has 7 rings (SSSR count). The van der Waals surface area contributed by atoms with Crippen molar-refractivity contribution in [2.24, 2.45) is 0 Å². The summed E-state index contributed by atoms with van der Waals surface area (Å²) >= 11 is 0. The Morgan fingerprint density at radius 3 is 2.22 bits per heavy atom. The van der Waals surface area contributed by atoms with E-state index in [0.29, 0.717) is 11.5 Å². The number of fused-ring (bicyclic) bond motifs is 3. The Hall–Kier alpha value is -4.15. The van der Waals surface area contributed by atoms with Crippen LogP contribution in [0.3, 0.4) is 0 Å². The fourth-order valence-electron chi connectivity index (χ4n) is 5.88. The predicted molar refractivity (Wildman–Crippen MR) is 206 cm³/mol. The minimum atomic E-state index is -2.10. The van der Waals surface area contributed by atoms with Gasteiger partial charge in [0.05, 0.1) is 13.7 Å². The van der Waals surface area contributed by atoms with Crippen molar-refractivity contribution in [2.45, 2.75) is 66.0 Å². The van der Waals surface area contributed by atoms with Gasteiger partial charge < -0.3 is 14.4 Å². The molecule has 7 aromatic rings. The average molecular weight is 841 g/mol. The molecule has 0 N–H and O–H groups in total. The van der Waals surface area contributed by atoms with Crippen LogP contribution in [-0.2, 0) is 20.1 Å². The summed E-state index contributed by atoms with van der Waals surface area (Å²) in [4.78, 5) is 9.18. The van der Waals surface area contributed by atoms with E-state index in [2.05, 4.69) is 73.8 Å². The minimum Gasteiger partial charge on any atom is -0.501 e. The van der Waals surface area contributed by atoms with Gasteiger partial charge in [0.1, 0.15) is 5.58 Å². The Kier molecular flexibility index (Phi) is 9.56. The van der Waals surface area contributed by atoms with Gasteiger partial charge in [-0.15, -0.1) is 54.1 Å². The number of hydrogen-bond acceptors (Lipinski definition) is 3. The van der Waals surface area contributed by atoms with Crippen molar-refractivity contribution in [3.63, 3.8) is 0 Å². The number of aryl methyl sites for hydroxylation is 1. The maximum atomic E-state index is 8.44. The summed E-state index contributed by atoms with van der Waals surface area (Å²) in [6.45, 7) is 13.0. The second kappa shape index (κ2) is 15.2. The van der Waals surface area contributed by atoms with Crippen molar-refractivity contribution in [2.75, 3.05) is 0 Å². The van der Waals surface area contributed by atoms with E-state index in [0.717, 1.165) is 61.1 Å². The van der Waals surface area contributed by atoms with E-state index in [1.165, 1.54) is 10.8 Å². The van der Waals surface area contributed by atoms with Crippen molar-refractivity contribution < 1.29 is 30.0 Å². The standard InChI is InChI=1S/C27H22NO.C17H22NSi.Ir/c1-17(2)20-13-14-28-25(15-20)24-6-4-5-23-22-12-11-21(16-26(22)29-27(23)24)19-9-7-18(3)8-10-19;1-13(2)15-11-16(14-9-7-6-8-10-14)18-12-17(15)19(3,4)5;/h4-5,7-17H,1-3H3;6-9,11-13H,1-5H3;/q2*-1;/i3D3;13D;. The van der Waals surface area contributed by atoms with Gasteiger partial charge in [0.15, 0.2) is 0 Å². The zero-order valence-electron chi connectivity index (χ0n) is 33.1. The Morgan fingerprint density at radius 1 is 0.776 bits per heavy atom. The van der Waals surface area contributed by atoms with E-state index >= 15 is 0 Å². The number of rotatable bonds is 6. The summed E-state index contributed by atoms with van der Waals surface area (Å²) < 4.78 is 37.4. The quantitative estimate of drug-likeness (QED) is 0.124. The van der Waals surface area contributed by atoms with Crippen LogP contribution in [0.2, 0.25) is 19.6 Å². The van der Waals surface area contributed by atoms with E-state index in [1.807, 2.05) is 93.0 Å². The summed E-state index contributed by atoms with van der Waals surface area (Å²) in [6.07, 6.45) is 3.81. The third-order valence-corrected chi connectivity index (χ3v) is 10.6. The molecule has 0 atom stereocenters. The van der Waals surface area contributed by atoms with Gasteiger partial charge in [-0.2, -0.15) is 0 Å². The Bertz CT molecular complexity index is 2340. The summed E-state index contributed by atoms with van der Waals surface area (Å²) in [5.41, 5.74) is 9.70. The van der Waals surface area contributed by atoms with E-state index < -0.39 is 20.8 Å². The number of nitrogens with zero attached hydrogens (tertiary/aromatic N) is 2. The maximum absolute atomic E-state index is 8.44. The minimum absolute atomic E-state index is 0. The number of pyridine rings is 2. The molecule has 49 heavy (non-hydrogen) atoms. The van der Waals surface area contributed by atoms with Crippen LogP contribution in [0.5, 0.6) is 0 Å². The molecular formula is C44H44IrN2OSi-2. The number of benzene rings is 4. The van der Waals surface area contributed by atoms with Crippen LogP contribution >= 0.6 is 0 Å². The molecule has 0 aliphatic heterocycles. The van der Waals surface area contributed by atoms with Gasteiger partial charge in [-0.25, -0.2) is 0 Å². The predicted octanol–water partition coefficient (Wildman–Crippen LogP) is 11.8. The van der Waals surface area contributed by atoms with Crippen LogP contribution in [0.15, 0.2) is 114 Å². The van der Waals surface area contributed by atoms with Crippen molar-refractivity contribution in [3.05, 3.63) is 138 Å². The summed E-state index contributed by atoms with van der Waals surface area (Å²) in [5, 5.41) is 3.32. The second-order valence-corrected chi connectivity index (χ2v) is 18.8. The van der Waals surface area contributed by atoms with Gasteiger partial charge in [-0.05, 0) is 58.5 Å². The molecule has 0 fully saturated rings. The van der Waals surface area contributed by atoms with Gasteiger partial charge in [0, 0.05) is 43.4 Å². The fraction of sp³-hybridized carbons (Fsp3) is 0.227. The van der Waals surface area contributed by atoms with Crippen molar-refractivity contribution in [1.29, 1.82) is 0 Å². The van der Waals surface area contributed by atoms with E-state index in [-0.39, 0.29) is 20.1 Å². The summed E-state index contributed by atoms with van der Waals surface area (Å²) in [7, 11) is -1.50. The molecule has 0 saturated carbocycles. The molecule has 0 bridgehead atoms. The van der Waals surface area contributed by atoms with Crippen molar-refractivity contribution >= 4 is 35.2 Å². The molecule has 1 radical (unpaired) electrons. The SMILES string of the molecule is [2H]C(C)(C)c1cc(-c2[c-]cccc2)ncc1[Si](C)(C)C.[2H]C([2H])([2H])c1ccc(-c2ccc3c(c2)oc2c(-c4cc(C(C)C)ccn4)[c-]ccc23)cc1.[Ir]. The smallest absolute Gasteiger partial charge is 0.121 e. The molecular weight excluding hydrogens is 793 g/mol. The van der Waals surface area contributed by atoms with Crippen LogP contribution in [0.4, 0.5) is 0 Å². The molecule has 251 valence electrons. The molecule has 0 aliphatic carbocycles. The van der Waals surface area contributed by atoms with Gasteiger partial charge in [-0.3, -0.25) is 0 Å². The molecule has 4 aromatic carbocycles. The Balaban J connectivity index is 0.000000223. The van der Waals surface area contributed by atoms with Crippen LogP contribution < -0.4 is 5.19 Å². The first-order chi connectivity index (χ1) is 24.5. The van der Waals surface area contributed by atoms with Crippen molar-refractivity contribution in [3.8, 4) is 33.6 Å². The molecule has 3 aromatic heterocycles. The van der Waals surface area contributed by atoms with Gasteiger partial charge in [0.25, 0.3) is 0 Å². The Morgan fingerprint density at radius 2 is 1.55 bits per heavy atom. The van der Waals surface area contributed by atoms with Crippen molar-refractivity contribution in [1.82, 2.24) is 9.97 Å². The first kappa shape index (κ1) is 30.9. The van der Waals surface area contributed by atoms with Crippen LogP contribution in [-0.4, -0.2) is 18.0 Å². The average Bonchev–Trinajstić information content (AvgIpc) is 3.49. The number of hydrogen-bond donors (Lipinski definition) is 0. The third-order valence-electron chi connectivity index (χ3n) is 8.59. The molecule has 3 nitrogen and oxygen atoms in total. The molecule has 0 spiro atoms. The normalized spacial score (nSPS) is 13.1. The molecule has 0 saturated heterocycles. The summed E-state index contributed by atoms with van der Waals surface area (Å²) in [5.74, 6) is -0.201. The van der Waals surface area contributed by atoms with E-state index in [4.69, 9.17) is 9.90 Å². The van der Waals surface area contributed by atoms with Gasteiger partial charge in [-0.1, -0.05) is 124 Å². The van der Waals surface area contributed by atoms with E-state index in [9.17, 15) is 0 Å². The molecule has 3 heterocycles. The van der Waals surface area contributed by atoms with Gasteiger partial charge in [0.2, 0.25) is 0 Å². The molecule has 5 heteroatoms. The van der Waals surface area contributed by atoms with Crippen LogP contribution in [0, 0.1) is 19.0 Å². The van der Waals surface area contributed by atoms with E-state index in [1.54, 1.807) is 12.1 Å². The molecule has 0 aliphatic rings. The zero-order valence-corrected chi connectivity index (χ0v) is 32.5.